The standard InChI is InChI=1S/C25H48O2Si2/c1-24-15-13-19(26-28(3,4)5)17-18(24)9-10-20-21-11-12-23(27-29(6,7)8)25(21,2)16-14-22(20)24/h18-23H,9-17H2,1-8H3/t18-,19+,20?,21?,22?,23-,24-,25-/m0/s1. The number of hydrogen-bond acceptors (Lipinski definition) is 2. The first-order valence-corrected chi connectivity index (χ1v) is 19.5. The highest BCUT2D eigenvalue weighted by molar-refractivity contribution is 6.70. The van der Waals surface area contributed by atoms with Gasteiger partial charge in [-0.3, -0.25) is 0 Å². The van der Waals surface area contributed by atoms with Gasteiger partial charge in [0.1, 0.15) is 0 Å². The Kier molecular flexibility index (Phi) is 5.79. The van der Waals surface area contributed by atoms with Gasteiger partial charge in [-0.1, -0.05) is 13.8 Å². The van der Waals surface area contributed by atoms with E-state index in [1.807, 2.05) is 0 Å². The Labute approximate surface area is 183 Å². The molecule has 0 aromatic heterocycles. The molecule has 29 heavy (non-hydrogen) atoms. The monoisotopic (exact) mass is 436 g/mol. The van der Waals surface area contributed by atoms with Crippen molar-refractivity contribution in [1.29, 1.82) is 0 Å². The highest BCUT2D eigenvalue weighted by Gasteiger charge is 2.60. The molecule has 0 saturated heterocycles. The first-order chi connectivity index (χ1) is 13.3. The van der Waals surface area contributed by atoms with Crippen LogP contribution in [0.5, 0.6) is 0 Å². The Bertz CT molecular complexity index is 609. The van der Waals surface area contributed by atoms with Gasteiger partial charge in [0.2, 0.25) is 0 Å². The van der Waals surface area contributed by atoms with Crippen molar-refractivity contribution in [1.82, 2.24) is 0 Å². The van der Waals surface area contributed by atoms with E-state index in [1.165, 1.54) is 57.8 Å². The quantitative estimate of drug-likeness (QED) is 0.425. The Hall–Kier alpha value is 0.354. The summed E-state index contributed by atoms with van der Waals surface area (Å²) in [5.74, 6) is 3.73. The molecule has 0 bridgehead atoms. The maximum absolute atomic E-state index is 6.77. The zero-order valence-corrected chi connectivity index (χ0v) is 22.6. The van der Waals surface area contributed by atoms with E-state index in [1.54, 1.807) is 0 Å². The van der Waals surface area contributed by atoms with Crippen molar-refractivity contribution in [3.05, 3.63) is 0 Å². The normalized spacial score (nSPS) is 48.0. The SMILES string of the molecule is C[C@]12CCC3C(CC[C@H]4C[C@H](O[Si](C)(C)C)CC[C@]34C)C1CC[C@@H]2O[Si](C)(C)C. The summed E-state index contributed by atoms with van der Waals surface area (Å²) in [4.78, 5) is 0. The van der Waals surface area contributed by atoms with Crippen LogP contribution in [0.1, 0.15) is 71.6 Å². The molecule has 2 nitrogen and oxygen atoms in total. The Balaban J connectivity index is 1.49. The van der Waals surface area contributed by atoms with Crippen molar-refractivity contribution in [2.24, 2.45) is 34.5 Å². The first-order valence-electron chi connectivity index (χ1n) is 12.7. The van der Waals surface area contributed by atoms with Crippen LogP contribution in [0.15, 0.2) is 0 Å². The molecule has 8 atom stereocenters. The van der Waals surface area contributed by atoms with Crippen LogP contribution >= 0.6 is 0 Å². The third-order valence-corrected chi connectivity index (χ3v) is 11.6. The van der Waals surface area contributed by atoms with E-state index in [2.05, 4.69) is 53.1 Å². The molecule has 3 unspecified atom stereocenters. The summed E-state index contributed by atoms with van der Waals surface area (Å²) >= 11 is 0. The van der Waals surface area contributed by atoms with E-state index in [9.17, 15) is 0 Å². The summed E-state index contributed by atoms with van der Waals surface area (Å²) < 4.78 is 13.3. The van der Waals surface area contributed by atoms with Gasteiger partial charge in [-0.2, -0.15) is 0 Å². The minimum absolute atomic E-state index is 0.447. The molecule has 0 heterocycles. The molecule has 4 aliphatic rings. The molecular weight excluding hydrogens is 388 g/mol. The fourth-order valence-electron chi connectivity index (χ4n) is 8.40. The van der Waals surface area contributed by atoms with E-state index in [0.717, 1.165) is 23.7 Å². The van der Waals surface area contributed by atoms with Gasteiger partial charge in [0.05, 0.1) is 6.10 Å². The Morgan fingerprint density at radius 2 is 1.28 bits per heavy atom. The third kappa shape index (κ3) is 4.21. The van der Waals surface area contributed by atoms with E-state index in [0.29, 0.717) is 23.0 Å². The summed E-state index contributed by atoms with van der Waals surface area (Å²) in [6, 6.07) is 0. The van der Waals surface area contributed by atoms with Crippen LogP contribution in [0, 0.1) is 34.5 Å². The zero-order chi connectivity index (χ0) is 21.2. The molecule has 0 aliphatic heterocycles. The second-order valence-electron chi connectivity index (χ2n) is 13.6. The fourth-order valence-corrected chi connectivity index (χ4v) is 10.9. The molecule has 168 valence electrons. The molecule has 0 aromatic carbocycles. The molecule has 0 radical (unpaired) electrons. The van der Waals surface area contributed by atoms with Crippen LogP contribution in [0.2, 0.25) is 39.3 Å². The molecule has 4 saturated carbocycles. The van der Waals surface area contributed by atoms with Crippen LogP contribution in [0.3, 0.4) is 0 Å². The predicted molar refractivity (Wildman–Crippen MR) is 128 cm³/mol. The second-order valence-corrected chi connectivity index (χ2v) is 22.5. The van der Waals surface area contributed by atoms with Gasteiger partial charge in [-0.15, -0.1) is 0 Å². The van der Waals surface area contributed by atoms with Crippen LogP contribution < -0.4 is 0 Å². The predicted octanol–water partition coefficient (Wildman–Crippen LogP) is 7.47. The average molecular weight is 437 g/mol. The maximum atomic E-state index is 6.77. The van der Waals surface area contributed by atoms with Crippen molar-refractivity contribution in [3.63, 3.8) is 0 Å². The van der Waals surface area contributed by atoms with Gasteiger partial charge in [-0.05, 0) is 132 Å². The van der Waals surface area contributed by atoms with E-state index in [-0.39, 0.29) is 0 Å². The van der Waals surface area contributed by atoms with Crippen molar-refractivity contribution in [3.8, 4) is 0 Å². The lowest BCUT2D eigenvalue weighted by molar-refractivity contribution is -0.130. The lowest BCUT2D eigenvalue weighted by Crippen LogP contribution is -2.55. The number of hydrogen-bond donors (Lipinski definition) is 0. The summed E-state index contributed by atoms with van der Waals surface area (Å²) in [6.07, 6.45) is 13.7. The van der Waals surface area contributed by atoms with Crippen molar-refractivity contribution in [2.75, 3.05) is 0 Å². The topological polar surface area (TPSA) is 18.5 Å². The van der Waals surface area contributed by atoms with E-state index < -0.39 is 16.6 Å². The van der Waals surface area contributed by atoms with E-state index in [4.69, 9.17) is 8.85 Å². The van der Waals surface area contributed by atoms with Crippen molar-refractivity contribution < 1.29 is 8.85 Å². The zero-order valence-electron chi connectivity index (χ0n) is 20.6. The van der Waals surface area contributed by atoms with Gasteiger partial charge in [0.25, 0.3) is 0 Å². The third-order valence-electron chi connectivity index (χ3n) is 9.55. The highest BCUT2D eigenvalue weighted by Crippen LogP contribution is 2.66. The molecule has 4 fully saturated rings. The summed E-state index contributed by atoms with van der Waals surface area (Å²) in [5.41, 5.74) is 1.02. The highest BCUT2D eigenvalue weighted by atomic mass is 28.4. The van der Waals surface area contributed by atoms with Crippen molar-refractivity contribution in [2.45, 2.75) is 123 Å². The summed E-state index contributed by atoms with van der Waals surface area (Å²) in [5, 5.41) is 0. The molecular formula is C25H48O2Si2. The van der Waals surface area contributed by atoms with Crippen LogP contribution in [-0.2, 0) is 8.85 Å². The van der Waals surface area contributed by atoms with Crippen LogP contribution in [0.25, 0.3) is 0 Å². The molecule has 0 aromatic rings. The summed E-state index contributed by atoms with van der Waals surface area (Å²) in [6.45, 7) is 19.5. The number of fused-ring (bicyclic) bond motifs is 5. The smallest absolute Gasteiger partial charge is 0.184 e. The average Bonchev–Trinajstić information content (AvgIpc) is 2.89. The molecule has 4 aliphatic carbocycles. The molecule has 0 amide bonds. The number of rotatable bonds is 4. The lowest BCUT2D eigenvalue weighted by Gasteiger charge is -2.61. The molecule has 0 N–H and O–H groups in total. The van der Waals surface area contributed by atoms with Crippen LogP contribution in [0.4, 0.5) is 0 Å². The van der Waals surface area contributed by atoms with Crippen molar-refractivity contribution >= 4 is 16.6 Å². The minimum atomic E-state index is -1.47. The first kappa shape index (κ1) is 22.5. The lowest BCUT2D eigenvalue weighted by atomic mass is 9.45. The molecule has 4 rings (SSSR count). The van der Waals surface area contributed by atoms with Gasteiger partial charge < -0.3 is 8.85 Å². The Morgan fingerprint density at radius 3 is 1.93 bits per heavy atom. The largest absolute Gasteiger partial charge is 0.415 e. The molecule has 4 heteroatoms. The van der Waals surface area contributed by atoms with Gasteiger partial charge in [-0.25, -0.2) is 0 Å². The second kappa shape index (κ2) is 7.45. The summed E-state index contributed by atoms with van der Waals surface area (Å²) in [7, 11) is -2.90. The molecule has 0 spiro atoms. The Morgan fingerprint density at radius 1 is 0.655 bits per heavy atom. The van der Waals surface area contributed by atoms with Gasteiger partial charge >= 0.3 is 0 Å². The van der Waals surface area contributed by atoms with Crippen LogP contribution in [-0.4, -0.2) is 28.8 Å². The maximum Gasteiger partial charge on any atom is 0.184 e. The fraction of sp³-hybridized carbons (Fsp3) is 1.00. The van der Waals surface area contributed by atoms with Gasteiger partial charge in [0, 0.05) is 6.10 Å². The minimum Gasteiger partial charge on any atom is -0.415 e. The van der Waals surface area contributed by atoms with Gasteiger partial charge in [0.15, 0.2) is 16.6 Å². The van der Waals surface area contributed by atoms with E-state index >= 15 is 0 Å².